The highest BCUT2D eigenvalue weighted by atomic mass is 79.9. The molecule has 1 rings (SSSR count). The van der Waals surface area contributed by atoms with Crippen molar-refractivity contribution in [2.45, 2.75) is 13.0 Å². The minimum Gasteiger partial charge on any atom is -0.367 e. The maximum absolute atomic E-state index is 11.0. The highest BCUT2D eigenvalue weighted by Crippen LogP contribution is 1.95. The number of hydrogen-bond acceptors (Lipinski definition) is 1. The second-order valence-corrected chi connectivity index (χ2v) is 3.23. The molecule has 12 heavy (non-hydrogen) atoms. The molecule has 1 amide bonds. The van der Waals surface area contributed by atoms with Crippen LogP contribution in [0.25, 0.3) is 0 Å². The first kappa shape index (κ1) is 9.32. The summed E-state index contributed by atoms with van der Waals surface area (Å²) >= 11 is 3.20. The van der Waals surface area contributed by atoms with Gasteiger partial charge in [0.05, 0.1) is 0 Å². The van der Waals surface area contributed by atoms with Crippen LogP contribution >= 0.6 is 15.9 Å². The van der Waals surface area contributed by atoms with E-state index in [4.69, 9.17) is 0 Å². The maximum atomic E-state index is 11.0. The van der Waals surface area contributed by atoms with Gasteiger partial charge >= 0.3 is 0 Å². The summed E-state index contributed by atoms with van der Waals surface area (Å²) in [7, 11) is 0. The zero-order chi connectivity index (χ0) is 8.81. The molecule has 0 aromatic carbocycles. The summed E-state index contributed by atoms with van der Waals surface area (Å²) in [6.45, 7) is 0.606. The lowest BCUT2D eigenvalue weighted by atomic mass is 10.3. The summed E-state index contributed by atoms with van der Waals surface area (Å²) in [6, 6.07) is 1.94. The molecule has 0 atom stereocenters. The number of hydrogen-bond donors (Lipinski definition) is 2. The zero-order valence-electron chi connectivity index (χ0n) is 6.64. The summed E-state index contributed by atoms with van der Waals surface area (Å²) in [4.78, 5) is 13.9. The number of carbonyl (C=O) groups is 1. The minimum absolute atomic E-state index is 0.0769. The average molecular weight is 231 g/mol. The third-order valence-electron chi connectivity index (χ3n) is 1.47. The lowest BCUT2D eigenvalue weighted by molar-refractivity contribution is -0.120. The van der Waals surface area contributed by atoms with E-state index in [0.29, 0.717) is 18.3 Å². The van der Waals surface area contributed by atoms with Gasteiger partial charge in [0.15, 0.2) is 0 Å². The van der Waals surface area contributed by atoms with Crippen LogP contribution in [0.4, 0.5) is 0 Å². The topological polar surface area (TPSA) is 44.9 Å². The molecule has 0 aliphatic carbocycles. The van der Waals surface area contributed by atoms with Gasteiger partial charge in [0, 0.05) is 30.7 Å². The van der Waals surface area contributed by atoms with Gasteiger partial charge in [-0.05, 0) is 11.6 Å². The molecule has 4 heteroatoms. The molecule has 0 saturated heterocycles. The van der Waals surface area contributed by atoms with Gasteiger partial charge in [-0.15, -0.1) is 0 Å². The maximum Gasteiger partial charge on any atom is 0.221 e. The van der Waals surface area contributed by atoms with Crippen LogP contribution in [0, 0.1) is 0 Å². The van der Waals surface area contributed by atoms with Crippen LogP contribution < -0.4 is 5.32 Å². The van der Waals surface area contributed by atoms with Crippen LogP contribution in [0.5, 0.6) is 0 Å². The minimum atomic E-state index is 0.0769. The van der Waals surface area contributed by atoms with E-state index >= 15 is 0 Å². The first-order valence-corrected chi connectivity index (χ1v) is 4.89. The summed E-state index contributed by atoms with van der Waals surface area (Å²) in [6.07, 6.45) is 4.24. The van der Waals surface area contributed by atoms with Gasteiger partial charge in [-0.1, -0.05) is 15.9 Å². The van der Waals surface area contributed by atoms with Crippen molar-refractivity contribution in [2.75, 3.05) is 5.33 Å². The van der Waals surface area contributed by atoms with Crippen molar-refractivity contribution in [1.82, 2.24) is 10.3 Å². The van der Waals surface area contributed by atoms with Crippen molar-refractivity contribution in [3.05, 3.63) is 24.0 Å². The van der Waals surface area contributed by atoms with Gasteiger partial charge in [-0.3, -0.25) is 4.79 Å². The molecule has 0 unspecified atom stereocenters. The predicted molar refractivity (Wildman–Crippen MR) is 51.1 cm³/mol. The largest absolute Gasteiger partial charge is 0.367 e. The monoisotopic (exact) mass is 230 g/mol. The van der Waals surface area contributed by atoms with Crippen molar-refractivity contribution >= 4 is 21.8 Å². The number of nitrogens with one attached hydrogen (secondary N) is 2. The quantitative estimate of drug-likeness (QED) is 0.756. The molecule has 0 fully saturated rings. The second-order valence-electron chi connectivity index (χ2n) is 2.43. The van der Waals surface area contributed by atoms with Gasteiger partial charge < -0.3 is 10.3 Å². The summed E-state index contributed by atoms with van der Waals surface area (Å²) < 4.78 is 0. The van der Waals surface area contributed by atoms with E-state index in [1.54, 1.807) is 0 Å². The van der Waals surface area contributed by atoms with Crippen LogP contribution in [0.15, 0.2) is 18.5 Å². The Morgan fingerprint density at radius 1 is 1.67 bits per heavy atom. The lowest BCUT2D eigenvalue weighted by Gasteiger charge is -2.00. The van der Waals surface area contributed by atoms with E-state index < -0.39 is 0 Å². The van der Waals surface area contributed by atoms with Crippen molar-refractivity contribution in [3.8, 4) is 0 Å². The molecule has 0 aliphatic rings. The highest BCUT2D eigenvalue weighted by Gasteiger charge is 1.98. The normalized spacial score (nSPS) is 9.75. The molecule has 1 aromatic heterocycles. The van der Waals surface area contributed by atoms with Gasteiger partial charge in [0.25, 0.3) is 0 Å². The first-order valence-electron chi connectivity index (χ1n) is 3.77. The summed E-state index contributed by atoms with van der Waals surface area (Å²) in [5.41, 5.74) is 1.10. The number of aromatic amines is 1. The molecule has 0 aliphatic heterocycles. The Labute approximate surface area is 79.7 Å². The van der Waals surface area contributed by atoms with E-state index in [0.717, 1.165) is 5.56 Å². The van der Waals surface area contributed by atoms with Crippen LogP contribution in [0.2, 0.25) is 0 Å². The second kappa shape index (κ2) is 4.98. The fraction of sp³-hybridized carbons (Fsp3) is 0.375. The Hall–Kier alpha value is -0.770. The number of carbonyl (C=O) groups excluding carboxylic acids is 1. The summed E-state index contributed by atoms with van der Waals surface area (Å²) in [5, 5.41) is 3.51. The smallest absolute Gasteiger partial charge is 0.221 e. The number of halogens is 1. The van der Waals surface area contributed by atoms with Crippen molar-refractivity contribution in [1.29, 1.82) is 0 Å². The molecular weight excluding hydrogens is 220 g/mol. The van der Waals surface area contributed by atoms with Gasteiger partial charge in [0.2, 0.25) is 5.91 Å². The molecule has 0 radical (unpaired) electrons. The summed E-state index contributed by atoms with van der Waals surface area (Å²) in [5.74, 6) is 0.0769. The van der Waals surface area contributed by atoms with Gasteiger partial charge in [0.1, 0.15) is 0 Å². The number of H-pyrrole nitrogens is 1. The Bertz CT molecular complexity index is 233. The van der Waals surface area contributed by atoms with Crippen LogP contribution in [-0.2, 0) is 11.3 Å². The predicted octanol–water partition coefficient (Wildman–Crippen LogP) is 1.42. The molecule has 0 saturated carbocycles. The van der Waals surface area contributed by atoms with Crippen molar-refractivity contribution in [3.63, 3.8) is 0 Å². The Morgan fingerprint density at radius 2 is 2.50 bits per heavy atom. The standard InChI is InChI=1S/C8H11BrN2O/c9-3-1-8(12)11-6-7-2-4-10-5-7/h2,4-5,10H,1,3,6H2,(H,11,12). The third-order valence-corrected chi connectivity index (χ3v) is 1.87. The molecule has 2 N–H and O–H groups in total. The Balaban J connectivity index is 2.22. The fourth-order valence-corrected chi connectivity index (χ4v) is 1.20. The van der Waals surface area contributed by atoms with E-state index in [1.165, 1.54) is 0 Å². The molecule has 3 nitrogen and oxygen atoms in total. The van der Waals surface area contributed by atoms with Crippen LogP contribution in [0.1, 0.15) is 12.0 Å². The molecule has 1 aromatic rings. The van der Waals surface area contributed by atoms with Crippen molar-refractivity contribution in [2.24, 2.45) is 0 Å². The first-order chi connectivity index (χ1) is 5.83. The molecule has 0 spiro atoms. The zero-order valence-corrected chi connectivity index (χ0v) is 8.23. The molecule has 66 valence electrons. The third kappa shape index (κ3) is 3.09. The van der Waals surface area contributed by atoms with Gasteiger partial charge in [-0.25, -0.2) is 0 Å². The average Bonchev–Trinajstić information content (AvgIpc) is 2.53. The number of aromatic nitrogens is 1. The van der Waals surface area contributed by atoms with E-state index in [2.05, 4.69) is 26.2 Å². The molecule has 0 bridgehead atoms. The Morgan fingerprint density at radius 3 is 3.08 bits per heavy atom. The SMILES string of the molecule is O=C(CCBr)NCc1cc[nH]c1. The van der Waals surface area contributed by atoms with E-state index in [-0.39, 0.29) is 5.91 Å². The van der Waals surface area contributed by atoms with Crippen molar-refractivity contribution < 1.29 is 4.79 Å². The van der Waals surface area contributed by atoms with Gasteiger partial charge in [-0.2, -0.15) is 0 Å². The highest BCUT2D eigenvalue weighted by molar-refractivity contribution is 9.09. The lowest BCUT2D eigenvalue weighted by Crippen LogP contribution is -2.22. The molecular formula is C8H11BrN2O. The number of rotatable bonds is 4. The number of amides is 1. The molecule has 1 heterocycles. The van der Waals surface area contributed by atoms with E-state index in [1.807, 2.05) is 18.5 Å². The van der Waals surface area contributed by atoms with E-state index in [9.17, 15) is 4.79 Å². The van der Waals surface area contributed by atoms with Crippen LogP contribution in [0.3, 0.4) is 0 Å². The Kier molecular flexibility index (Phi) is 3.87. The fourth-order valence-electron chi connectivity index (χ4n) is 0.843. The number of alkyl halides is 1. The van der Waals surface area contributed by atoms with Crippen LogP contribution in [-0.4, -0.2) is 16.2 Å².